The maximum atomic E-state index is 10.9. The molecule has 2 rings (SSSR count). The number of hydrogen-bond donors (Lipinski definition) is 0. The van der Waals surface area contributed by atoms with Gasteiger partial charge in [-0.05, 0) is 30.7 Å². The molecule has 0 amide bonds. The lowest BCUT2D eigenvalue weighted by atomic mass is 10.1. The van der Waals surface area contributed by atoms with E-state index < -0.39 is 0 Å². The largest absolute Gasteiger partial charge is 0.300 e. The van der Waals surface area contributed by atoms with E-state index in [-0.39, 0.29) is 5.78 Å². The summed E-state index contributed by atoms with van der Waals surface area (Å²) in [5.74, 6) is 0.188. The summed E-state index contributed by atoms with van der Waals surface area (Å²) in [5.41, 5.74) is 2.03. The van der Waals surface area contributed by atoms with E-state index in [1.165, 1.54) is 0 Å². The van der Waals surface area contributed by atoms with Gasteiger partial charge in [0.15, 0.2) is 0 Å². The van der Waals surface area contributed by atoms with Gasteiger partial charge in [-0.15, -0.1) is 0 Å². The normalized spacial score (nSPS) is 10.4. The molecule has 2 heteroatoms. The quantitative estimate of drug-likeness (QED) is 0.719. The molecule has 0 aliphatic carbocycles. The zero-order valence-electron chi connectivity index (χ0n) is 8.03. The van der Waals surface area contributed by atoms with E-state index in [4.69, 9.17) is 0 Å². The average Bonchev–Trinajstić information content (AvgIpc) is 2.17. The van der Waals surface area contributed by atoms with Crippen molar-refractivity contribution < 1.29 is 4.79 Å². The number of ketones is 1. The summed E-state index contributed by atoms with van der Waals surface area (Å²) < 4.78 is 0. The van der Waals surface area contributed by atoms with Crippen molar-refractivity contribution in [2.45, 2.75) is 13.3 Å². The van der Waals surface area contributed by atoms with Crippen LogP contribution in [0.25, 0.3) is 10.9 Å². The maximum absolute atomic E-state index is 10.9. The predicted octanol–water partition coefficient (Wildman–Crippen LogP) is 2.37. The van der Waals surface area contributed by atoms with Crippen molar-refractivity contribution in [3.63, 3.8) is 0 Å². The first kappa shape index (κ1) is 8.88. The average molecular weight is 185 g/mol. The number of pyridine rings is 1. The van der Waals surface area contributed by atoms with E-state index in [1.807, 2.05) is 30.3 Å². The standard InChI is InChI=1S/C12H11NO/c1-9(14)7-10-4-5-12-11(8-10)3-2-6-13-12/h2-6,8H,7H2,1H3. The van der Waals surface area contributed by atoms with E-state index >= 15 is 0 Å². The van der Waals surface area contributed by atoms with Gasteiger partial charge in [0.05, 0.1) is 5.52 Å². The third kappa shape index (κ3) is 1.79. The first-order valence-corrected chi connectivity index (χ1v) is 4.59. The fourth-order valence-corrected chi connectivity index (χ4v) is 1.52. The number of nitrogens with zero attached hydrogens (tertiary/aromatic N) is 1. The summed E-state index contributed by atoms with van der Waals surface area (Å²) in [4.78, 5) is 15.2. The molecular weight excluding hydrogens is 174 g/mol. The highest BCUT2D eigenvalue weighted by molar-refractivity contribution is 5.82. The number of benzene rings is 1. The lowest BCUT2D eigenvalue weighted by Gasteiger charge is -2.00. The second kappa shape index (κ2) is 3.58. The van der Waals surface area contributed by atoms with E-state index in [1.54, 1.807) is 13.1 Å². The number of Topliss-reactive ketones (excluding diaryl/α,β-unsaturated/α-hetero) is 1. The van der Waals surface area contributed by atoms with Gasteiger partial charge >= 0.3 is 0 Å². The Labute approximate surface area is 82.6 Å². The molecule has 0 bridgehead atoms. The van der Waals surface area contributed by atoms with Crippen LogP contribution >= 0.6 is 0 Å². The van der Waals surface area contributed by atoms with Crippen LogP contribution in [0.2, 0.25) is 0 Å². The van der Waals surface area contributed by atoms with Gasteiger partial charge in [-0.3, -0.25) is 9.78 Å². The Morgan fingerprint density at radius 2 is 2.21 bits per heavy atom. The monoisotopic (exact) mass is 185 g/mol. The lowest BCUT2D eigenvalue weighted by Crippen LogP contribution is -1.95. The molecule has 0 radical (unpaired) electrons. The van der Waals surface area contributed by atoms with E-state index in [2.05, 4.69) is 4.98 Å². The minimum absolute atomic E-state index is 0.188. The molecule has 0 fully saturated rings. The highest BCUT2D eigenvalue weighted by Crippen LogP contribution is 2.13. The number of hydrogen-bond acceptors (Lipinski definition) is 2. The van der Waals surface area contributed by atoms with Crippen molar-refractivity contribution in [3.8, 4) is 0 Å². The molecule has 0 saturated carbocycles. The van der Waals surface area contributed by atoms with Gasteiger partial charge < -0.3 is 0 Å². The van der Waals surface area contributed by atoms with Crippen LogP contribution in [0.15, 0.2) is 36.5 Å². The molecule has 0 saturated heterocycles. The zero-order valence-corrected chi connectivity index (χ0v) is 8.03. The van der Waals surface area contributed by atoms with E-state index in [9.17, 15) is 4.79 Å². The summed E-state index contributed by atoms with van der Waals surface area (Å²) in [5, 5.41) is 1.09. The second-order valence-corrected chi connectivity index (χ2v) is 3.41. The Hall–Kier alpha value is -1.70. The zero-order chi connectivity index (χ0) is 9.97. The molecule has 0 spiro atoms. The van der Waals surface area contributed by atoms with E-state index in [0.717, 1.165) is 16.5 Å². The molecule has 0 aliphatic heterocycles. The van der Waals surface area contributed by atoms with Crippen molar-refractivity contribution in [2.75, 3.05) is 0 Å². The van der Waals surface area contributed by atoms with Crippen molar-refractivity contribution in [1.82, 2.24) is 4.98 Å². The van der Waals surface area contributed by atoms with Crippen LogP contribution in [0.1, 0.15) is 12.5 Å². The summed E-state index contributed by atoms with van der Waals surface area (Å²) in [6.07, 6.45) is 2.28. The molecule has 0 unspecified atom stereocenters. The minimum atomic E-state index is 0.188. The Morgan fingerprint density at radius 3 is 3.00 bits per heavy atom. The number of fused-ring (bicyclic) bond motifs is 1. The van der Waals surface area contributed by atoms with Crippen LogP contribution in [0.5, 0.6) is 0 Å². The van der Waals surface area contributed by atoms with Gasteiger partial charge in [-0.25, -0.2) is 0 Å². The molecule has 0 atom stereocenters. The van der Waals surface area contributed by atoms with Gasteiger partial charge in [0.25, 0.3) is 0 Å². The van der Waals surface area contributed by atoms with Gasteiger partial charge in [0.2, 0.25) is 0 Å². The van der Waals surface area contributed by atoms with Crippen LogP contribution in [-0.2, 0) is 11.2 Å². The SMILES string of the molecule is CC(=O)Cc1ccc2ncccc2c1. The molecule has 2 nitrogen and oxygen atoms in total. The van der Waals surface area contributed by atoms with Gasteiger partial charge in [0, 0.05) is 18.0 Å². The third-order valence-corrected chi connectivity index (χ3v) is 2.12. The lowest BCUT2D eigenvalue weighted by molar-refractivity contribution is -0.116. The number of carbonyl (C=O) groups is 1. The summed E-state index contributed by atoms with van der Waals surface area (Å²) in [7, 11) is 0. The Bertz CT molecular complexity index is 476. The van der Waals surface area contributed by atoms with Crippen molar-refractivity contribution in [2.24, 2.45) is 0 Å². The summed E-state index contributed by atoms with van der Waals surface area (Å²) in [6, 6.07) is 9.83. The van der Waals surface area contributed by atoms with Crippen LogP contribution in [-0.4, -0.2) is 10.8 Å². The van der Waals surface area contributed by atoms with Crippen molar-refractivity contribution in [3.05, 3.63) is 42.1 Å². The molecular formula is C12H11NO. The number of carbonyl (C=O) groups excluding carboxylic acids is 1. The number of aromatic nitrogens is 1. The summed E-state index contributed by atoms with van der Waals surface area (Å²) >= 11 is 0. The second-order valence-electron chi connectivity index (χ2n) is 3.41. The molecule has 1 heterocycles. The Morgan fingerprint density at radius 1 is 1.36 bits per heavy atom. The molecule has 1 aromatic heterocycles. The smallest absolute Gasteiger partial charge is 0.134 e. The first-order valence-electron chi connectivity index (χ1n) is 4.59. The Balaban J connectivity index is 2.46. The third-order valence-electron chi connectivity index (χ3n) is 2.12. The molecule has 70 valence electrons. The molecule has 1 aromatic carbocycles. The van der Waals surface area contributed by atoms with Crippen LogP contribution < -0.4 is 0 Å². The van der Waals surface area contributed by atoms with Crippen LogP contribution in [0.4, 0.5) is 0 Å². The maximum Gasteiger partial charge on any atom is 0.134 e. The minimum Gasteiger partial charge on any atom is -0.300 e. The van der Waals surface area contributed by atoms with Crippen molar-refractivity contribution >= 4 is 16.7 Å². The Kier molecular flexibility index (Phi) is 2.27. The highest BCUT2D eigenvalue weighted by atomic mass is 16.1. The number of rotatable bonds is 2. The molecule has 14 heavy (non-hydrogen) atoms. The summed E-state index contributed by atoms with van der Waals surface area (Å²) in [6.45, 7) is 1.60. The van der Waals surface area contributed by atoms with Crippen molar-refractivity contribution in [1.29, 1.82) is 0 Å². The molecule has 0 N–H and O–H groups in total. The first-order chi connectivity index (χ1) is 6.75. The highest BCUT2D eigenvalue weighted by Gasteiger charge is 1.99. The van der Waals surface area contributed by atoms with E-state index in [0.29, 0.717) is 6.42 Å². The van der Waals surface area contributed by atoms with Crippen LogP contribution in [0, 0.1) is 0 Å². The molecule has 2 aromatic rings. The van der Waals surface area contributed by atoms with Gasteiger partial charge in [0.1, 0.15) is 5.78 Å². The topological polar surface area (TPSA) is 30.0 Å². The van der Waals surface area contributed by atoms with Gasteiger partial charge in [-0.1, -0.05) is 12.1 Å². The fourth-order valence-electron chi connectivity index (χ4n) is 1.52. The molecule has 0 aliphatic rings. The van der Waals surface area contributed by atoms with Crippen LogP contribution in [0.3, 0.4) is 0 Å². The van der Waals surface area contributed by atoms with Gasteiger partial charge in [-0.2, -0.15) is 0 Å². The predicted molar refractivity (Wildman–Crippen MR) is 56.1 cm³/mol. The fraction of sp³-hybridized carbons (Fsp3) is 0.167.